The first-order chi connectivity index (χ1) is 6.67. The van der Waals surface area contributed by atoms with Crippen molar-refractivity contribution in [1.82, 2.24) is 0 Å². The minimum Gasteiger partial charge on any atom is -0.250 e. The molecule has 2 nitrogen and oxygen atoms in total. The van der Waals surface area contributed by atoms with Crippen molar-refractivity contribution in [3.63, 3.8) is 0 Å². The van der Waals surface area contributed by atoms with Crippen molar-refractivity contribution in [2.75, 3.05) is 0 Å². The van der Waals surface area contributed by atoms with Crippen LogP contribution in [0, 0.1) is 5.92 Å². The van der Waals surface area contributed by atoms with E-state index in [4.69, 9.17) is 0 Å². The van der Waals surface area contributed by atoms with E-state index in [1.54, 1.807) is 12.6 Å². The lowest BCUT2D eigenvalue weighted by atomic mass is 9.97. The quantitative estimate of drug-likeness (QED) is 0.469. The van der Waals surface area contributed by atoms with Gasteiger partial charge in [-0.3, -0.25) is 0 Å². The fourth-order valence-electron chi connectivity index (χ4n) is 1.52. The predicted molar refractivity (Wildman–Crippen MR) is 65.1 cm³/mol. The SMILES string of the molecule is CC=NC=N/C(CC)=C(/CC)C(C)C. The van der Waals surface area contributed by atoms with Crippen molar-refractivity contribution in [2.24, 2.45) is 15.9 Å². The van der Waals surface area contributed by atoms with Crippen LogP contribution in [0.25, 0.3) is 0 Å². The van der Waals surface area contributed by atoms with Gasteiger partial charge in [-0.1, -0.05) is 27.7 Å². The second kappa shape index (κ2) is 7.48. The second-order valence-electron chi connectivity index (χ2n) is 3.49. The zero-order chi connectivity index (χ0) is 11.0. The van der Waals surface area contributed by atoms with E-state index < -0.39 is 0 Å². The van der Waals surface area contributed by atoms with Crippen molar-refractivity contribution in [3.8, 4) is 0 Å². The van der Waals surface area contributed by atoms with Gasteiger partial charge in [-0.25, -0.2) is 9.98 Å². The minimum atomic E-state index is 0.581. The number of allylic oxidation sites excluding steroid dienone is 2. The molecule has 0 N–H and O–H groups in total. The Hall–Kier alpha value is -0.920. The molecular formula is C12H22N2. The molecule has 0 aliphatic heterocycles. The van der Waals surface area contributed by atoms with Crippen molar-refractivity contribution >= 4 is 12.6 Å². The van der Waals surface area contributed by atoms with Crippen molar-refractivity contribution < 1.29 is 0 Å². The summed E-state index contributed by atoms with van der Waals surface area (Å²) in [7, 11) is 0. The summed E-state index contributed by atoms with van der Waals surface area (Å²) in [6.07, 6.45) is 5.44. The Kier molecular flexibility index (Phi) is 6.99. The van der Waals surface area contributed by atoms with E-state index in [1.807, 2.05) is 6.92 Å². The van der Waals surface area contributed by atoms with Gasteiger partial charge in [-0.05, 0) is 31.3 Å². The Morgan fingerprint density at radius 1 is 1.21 bits per heavy atom. The van der Waals surface area contributed by atoms with Gasteiger partial charge in [0.05, 0.1) is 0 Å². The van der Waals surface area contributed by atoms with E-state index in [1.165, 1.54) is 11.3 Å². The summed E-state index contributed by atoms with van der Waals surface area (Å²) in [6.45, 7) is 10.6. The van der Waals surface area contributed by atoms with E-state index in [-0.39, 0.29) is 0 Å². The molecule has 0 atom stereocenters. The van der Waals surface area contributed by atoms with E-state index in [9.17, 15) is 0 Å². The second-order valence-corrected chi connectivity index (χ2v) is 3.49. The average Bonchev–Trinajstić information content (AvgIpc) is 2.16. The van der Waals surface area contributed by atoms with Gasteiger partial charge in [0.2, 0.25) is 0 Å². The van der Waals surface area contributed by atoms with Gasteiger partial charge in [0, 0.05) is 11.9 Å². The molecule has 0 unspecified atom stereocenters. The molecule has 0 bridgehead atoms. The highest BCUT2D eigenvalue weighted by Gasteiger charge is 2.05. The summed E-state index contributed by atoms with van der Waals surface area (Å²) in [5, 5.41) is 0. The number of aliphatic imine (C=N–C) groups is 2. The molecule has 0 aliphatic carbocycles. The molecule has 0 amide bonds. The zero-order valence-electron chi connectivity index (χ0n) is 10.0. The molecule has 0 heterocycles. The molecule has 0 rings (SSSR count). The van der Waals surface area contributed by atoms with Gasteiger partial charge in [0.15, 0.2) is 0 Å². The number of hydrogen-bond acceptors (Lipinski definition) is 1. The van der Waals surface area contributed by atoms with Gasteiger partial charge in [0.25, 0.3) is 0 Å². The highest BCUT2D eigenvalue weighted by molar-refractivity contribution is 5.71. The fourth-order valence-corrected chi connectivity index (χ4v) is 1.52. The van der Waals surface area contributed by atoms with Gasteiger partial charge in [-0.15, -0.1) is 0 Å². The number of nitrogens with zero attached hydrogens (tertiary/aromatic N) is 2. The molecule has 0 fully saturated rings. The summed E-state index contributed by atoms with van der Waals surface area (Å²) < 4.78 is 0. The van der Waals surface area contributed by atoms with Crippen LogP contribution in [0.3, 0.4) is 0 Å². The Morgan fingerprint density at radius 3 is 2.21 bits per heavy atom. The van der Waals surface area contributed by atoms with Crippen molar-refractivity contribution in [3.05, 3.63) is 11.3 Å². The summed E-state index contributed by atoms with van der Waals surface area (Å²) in [4.78, 5) is 8.37. The van der Waals surface area contributed by atoms with Crippen LogP contribution >= 0.6 is 0 Å². The van der Waals surface area contributed by atoms with Crippen molar-refractivity contribution in [1.29, 1.82) is 0 Å². The topological polar surface area (TPSA) is 24.7 Å². The van der Waals surface area contributed by atoms with Crippen LogP contribution in [-0.2, 0) is 0 Å². The van der Waals surface area contributed by atoms with Crippen LogP contribution in [-0.4, -0.2) is 12.6 Å². The summed E-state index contributed by atoms with van der Waals surface area (Å²) in [6, 6.07) is 0. The predicted octanol–water partition coefficient (Wildman–Crippen LogP) is 3.84. The van der Waals surface area contributed by atoms with Gasteiger partial charge >= 0.3 is 0 Å². The third kappa shape index (κ3) is 4.35. The van der Waals surface area contributed by atoms with Crippen LogP contribution in [0.4, 0.5) is 0 Å². The summed E-state index contributed by atoms with van der Waals surface area (Å²) >= 11 is 0. The summed E-state index contributed by atoms with van der Waals surface area (Å²) in [5.74, 6) is 0.581. The lowest BCUT2D eigenvalue weighted by Gasteiger charge is -2.12. The summed E-state index contributed by atoms with van der Waals surface area (Å²) in [5.41, 5.74) is 2.63. The normalized spacial score (nSPS) is 14.4. The Labute approximate surface area is 87.9 Å². The monoisotopic (exact) mass is 194 g/mol. The smallest absolute Gasteiger partial charge is 0.115 e. The molecule has 0 aliphatic rings. The number of rotatable bonds is 5. The molecule has 0 aromatic rings. The van der Waals surface area contributed by atoms with E-state index in [0.717, 1.165) is 12.8 Å². The van der Waals surface area contributed by atoms with E-state index >= 15 is 0 Å². The first kappa shape index (κ1) is 13.1. The molecule has 0 aromatic carbocycles. The maximum atomic E-state index is 4.38. The highest BCUT2D eigenvalue weighted by atomic mass is 14.9. The third-order valence-corrected chi connectivity index (χ3v) is 2.21. The maximum Gasteiger partial charge on any atom is 0.115 e. The minimum absolute atomic E-state index is 0.581. The largest absolute Gasteiger partial charge is 0.250 e. The van der Waals surface area contributed by atoms with Crippen LogP contribution in [0.5, 0.6) is 0 Å². The highest BCUT2D eigenvalue weighted by Crippen LogP contribution is 2.21. The molecule has 0 saturated carbocycles. The Bertz CT molecular complexity index is 235. The molecule has 80 valence electrons. The van der Waals surface area contributed by atoms with Gasteiger partial charge < -0.3 is 0 Å². The first-order valence-electron chi connectivity index (χ1n) is 5.39. The average molecular weight is 194 g/mol. The molecule has 2 heteroatoms. The first-order valence-corrected chi connectivity index (χ1v) is 5.39. The van der Waals surface area contributed by atoms with Crippen LogP contribution in [0.15, 0.2) is 21.3 Å². The van der Waals surface area contributed by atoms with Crippen LogP contribution < -0.4 is 0 Å². The Balaban J connectivity index is 4.79. The maximum absolute atomic E-state index is 4.38. The van der Waals surface area contributed by atoms with E-state index in [2.05, 4.69) is 37.7 Å². The zero-order valence-corrected chi connectivity index (χ0v) is 10.0. The van der Waals surface area contributed by atoms with Crippen LogP contribution in [0.1, 0.15) is 47.5 Å². The molecule has 0 saturated heterocycles. The molecule has 14 heavy (non-hydrogen) atoms. The van der Waals surface area contributed by atoms with Gasteiger partial charge in [-0.2, -0.15) is 0 Å². The lowest BCUT2D eigenvalue weighted by molar-refractivity contribution is 0.708. The standard InChI is InChI=1S/C12H22N2/c1-6-11(10(4)5)12(7-2)14-9-13-8-3/h8-10H,6-7H2,1-5H3/b12-11-,13-8?,14-9?. The van der Waals surface area contributed by atoms with Crippen LogP contribution in [0.2, 0.25) is 0 Å². The molecule has 0 aromatic heterocycles. The number of hydrogen-bond donors (Lipinski definition) is 0. The lowest BCUT2D eigenvalue weighted by Crippen LogP contribution is -1.97. The molecular weight excluding hydrogens is 172 g/mol. The molecule has 0 spiro atoms. The van der Waals surface area contributed by atoms with Gasteiger partial charge in [0.1, 0.15) is 6.34 Å². The third-order valence-electron chi connectivity index (χ3n) is 2.21. The Morgan fingerprint density at radius 2 is 1.86 bits per heavy atom. The fraction of sp³-hybridized carbons (Fsp3) is 0.667. The van der Waals surface area contributed by atoms with Crippen molar-refractivity contribution in [2.45, 2.75) is 47.5 Å². The molecule has 0 radical (unpaired) electrons. The van der Waals surface area contributed by atoms with E-state index in [0.29, 0.717) is 5.92 Å².